The third kappa shape index (κ3) is 5.17. The van der Waals surface area contributed by atoms with E-state index in [4.69, 9.17) is 9.47 Å². The quantitative estimate of drug-likeness (QED) is 0.535. The van der Waals surface area contributed by atoms with Crippen molar-refractivity contribution < 1.29 is 24.2 Å². The molecule has 1 N–H and O–H groups in total. The molecule has 0 aliphatic carbocycles. The molecule has 0 saturated carbocycles. The van der Waals surface area contributed by atoms with Crippen molar-refractivity contribution in [3.8, 4) is 16.9 Å². The van der Waals surface area contributed by atoms with E-state index in [1.807, 2.05) is 66.7 Å². The zero-order valence-electron chi connectivity index (χ0n) is 18.8. The molecule has 3 aromatic carbocycles. The third-order valence-corrected chi connectivity index (χ3v) is 5.94. The van der Waals surface area contributed by atoms with Gasteiger partial charge in [0.25, 0.3) is 0 Å². The van der Waals surface area contributed by atoms with Crippen LogP contribution in [0.1, 0.15) is 42.0 Å². The molecule has 1 heterocycles. The Morgan fingerprint density at radius 1 is 1.03 bits per heavy atom. The van der Waals surface area contributed by atoms with Crippen LogP contribution < -0.4 is 4.74 Å². The molecule has 1 aliphatic rings. The van der Waals surface area contributed by atoms with E-state index in [1.54, 1.807) is 6.92 Å². The summed E-state index contributed by atoms with van der Waals surface area (Å²) in [6.07, 6.45) is 0.540. The number of carboxylic acid groups (broad SMARTS) is 1. The minimum absolute atomic E-state index is 0.131. The summed E-state index contributed by atoms with van der Waals surface area (Å²) >= 11 is 0. The lowest BCUT2D eigenvalue weighted by Gasteiger charge is -2.28. The van der Waals surface area contributed by atoms with Crippen molar-refractivity contribution in [1.82, 2.24) is 4.90 Å². The molecule has 4 rings (SSSR count). The lowest BCUT2D eigenvalue weighted by atomic mass is 9.95. The van der Waals surface area contributed by atoms with E-state index >= 15 is 0 Å². The van der Waals surface area contributed by atoms with Gasteiger partial charge in [-0.1, -0.05) is 61.5 Å². The number of carbonyl (C=O) groups excluding carboxylic acids is 1. The number of nitrogens with zero attached hydrogens (tertiary/aromatic N) is 1. The number of rotatable bonds is 6. The Balaban J connectivity index is 1.45. The van der Waals surface area contributed by atoms with Gasteiger partial charge < -0.3 is 14.6 Å². The Morgan fingerprint density at radius 3 is 2.48 bits per heavy atom. The second kappa shape index (κ2) is 9.77. The van der Waals surface area contributed by atoms with Crippen LogP contribution in [-0.2, 0) is 29.1 Å². The number of aryl methyl sites for hydroxylation is 1. The van der Waals surface area contributed by atoms with E-state index in [9.17, 15) is 14.7 Å². The summed E-state index contributed by atoms with van der Waals surface area (Å²) in [6.45, 7) is 4.49. The Hall–Kier alpha value is -3.80. The maximum atomic E-state index is 12.6. The highest BCUT2D eigenvalue weighted by Gasteiger charge is 2.23. The number of hydrogen-bond donors (Lipinski definition) is 1. The van der Waals surface area contributed by atoms with E-state index in [-0.39, 0.29) is 13.3 Å². The van der Waals surface area contributed by atoms with Crippen LogP contribution in [0.2, 0.25) is 0 Å². The maximum absolute atomic E-state index is 12.6. The Bertz CT molecular complexity index is 1160. The van der Waals surface area contributed by atoms with Crippen LogP contribution in [0.5, 0.6) is 5.75 Å². The van der Waals surface area contributed by atoms with Gasteiger partial charge in [-0.3, -0.25) is 9.69 Å². The summed E-state index contributed by atoms with van der Waals surface area (Å²) < 4.78 is 11.3. The van der Waals surface area contributed by atoms with Gasteiger partial charge in [-0.25, -0.2) is 4.79 Å². The lowest BCUT2D eigenvalue weighted by Crippen LogP contribution is -2.37. The molecule has 1 atom stereocenters. The largest absolute Gasteiger partial charge is 0.481 e. The molecule has 0 aromatic heterocycles. The van der Waals surface area contributed by atoms with Crippen LogP contribution in [-0.4, -0.2) is 28.8 Å². The fourth-order valence-corrected chi connectivity index (χ4v) is 3.78. The van der Waals surface area contributed by atoms with Gasteiger partial charge in [0.1, 0.15) is 12.4 Å². The highest BCUT2D eigenvalue weighted by Crippen LogP contribution is 2.32. The molecular weight excluding hydrogens is 418 g/mol. The standard InChI is InChI=1S/C27H27NO5/c1-3-19-7-9-20(10-8-19)16-32-27(31)28-15-24-14-23(11-12-25(24)33-17-28)22-6-4-5-21(13-22)18(2)26(29)30/h4-14,18H,3,15-17H2,1-2H3,(H,29,30). The fourth-order valence-electron chi connectivity index (χ4n) is 3.78. The van der Waals surface area contributed by atoms with E-state index in [0.717, 1.165) is 40.0 Å². The van der Waals surface area contributed by atoms with Gasteiger partial charge in [0.15, 0.2) is 6.73 Å². The third-order valence-electron chi connectivity index (χ3n) is 5.94. The summed E-state index contributed by atoms with van der Waals surface area (Å²) in [7, 11) is 0. The van der Waals surface area contributed by atoms with Gasteiger partial charge in [0.05, 0.1) is 12.5 Å². The predicted octanol–water partition coefficient (Wildman–Crippen LogP) is 5.59. The molecule has 1 amide bonds. The highest BCUT2D eigenvalue weighted by atomic mass is 16.6. The number of benzene rings is 3. The van der Waals surface area contributed by atoms with Crippen molar-refractivity contribution in [1.29, 1.82) is 0 Å². The van der Waals surface area contributed by atoms with Crippen molar-refractivity contribution in [3.05, 3.63) is 89.0 Å². The van der Waals surface area contributed by atoms with Crippen LogP contribution in [0, 0.1) is 0 Å². The molecule has 170 valence electrons. The van der Waals surface area contributed by atoms with Gasteiger partial charge in [0, 0.05) is 5.56 Å². The summed E-state index contributed by atoms with van der Waals surface area (Å²) in [4.78, 5) is 25.5. The van der Waals surface area contributed by atoms with Crippen molar-refractivity contribution in [2.45, 2.75) is 39.3 Å². The first-order valence-corrected chi connectivity index (χ1v) is 11.0. The smallest absolute Gasteiger partial charge is 0.413 e. The van der Waals surface area contributed by atoms with Gasteiger partial charge >= 0.3 is 12.1 Å². The number of amides is 1. The molecule has 0 spiro atoms. The van der Waals surface area contributed by atoms with E-state index < -0.39 is 18.0 Å². The molecule has 0 fully saturated rings. The summed E-state index contributed by atoms with van der Waals surface area (Å²) in [5, 5.41) is 9.31. The number of hydrogen-bond acceptors (Lipinski definition) is 4. The number of ether oxygens (including phenoxy) is 2. The average molecular weight is 446 g/mol. The molecule has 3 aromatic rings. The van der Waals surface area contributed by atoms with Crippen molar-refractivity contribution >= 4 is 12.1 Å². The van der Waals surface area contributed by atoms with Gasteiger partial charge in [-0.05, 0) is 53.3 Å². The van der Waals surface area contributed by atoms with Crippen LogP contribution in [0.3, 0.4) is 0 Å². The Kier molecular flexibility index (Phi) is 6.63. The second-order valence-electron chi connectivity index (χ2n) is 8.20. The topological polar surface area (TPSA) is 76.1 Å². The van der Waals surface area contributed by atoms with Crippen LogP contribution in [0.4, 0.5) is 4.79 Å². The van der Waals surface area contributed by atoms with Crippen LogP contribution in [0.15, 0.2) is 66.7 Å². The average Bonchev–Trinajstić information content (AvgIpc) is 2.86. The Labute approximate surface area is 193 Å². The first-order valence-electron chi connectivity index (χ1n) is 11.0. The monoisotopic (exact) mass is 445 g/mol. The zero-order valence-corrected chi connectivity index (χ0v) is 18.8. The van der Waals surface area contributed by atoms with Crippen molar-refractivity contribution in [3.63, 3.8) is 0 Å². The van der Waals surface area contributed by atoms with Crippen LogP contribution in [0.25, 0.3) is 11.1 Å². The van der Waals surface area contributed by atoms with Crippen molar-refractivity contribution in [2.75, 3.05) is 6.73 Å². The molecule has 1 aliphatic heterocycles. The number of carbonyl (C=O) groups is 2. The lowest BCUT2D eigenvalue weighted by molar-refractivity contribution is -0.138. The molecule has 0 radical (unpaired) electrons. The van der Waals surface area contributed by atoms with Gasteiger partial charge in [-0.2, -0.15) is 0 Å². The minimum atomic E-state index is -0.860. The summed E-state index contributed by atoms with van der Waals surface area (Å²) in [6, 6.07) is 21.3. The minimum Gasteiger partial charge on any atom is -0.481 e. The van der Waals surface area contributed by atoms with Gasteiger partial charge in [-0.15, -0.1) is 0 Å². The predicted molar refractivity (Wildman–Crippen MR) is 125 cm³/mol. The molecule has 0 saturated heterocycles. The SMILES string of the molecule is CCc1ccc(COC(=O)N2COc3ccc(-c4cccc(C(C)C(=O)O)c4)cc3C2)cc1. The fraction of sp³-hybridized carbons (Fsp3) is 0.259. The maximum Gasteiger partial charge on any atom is 0.413 e. The number of fused-ring (bicyclic) bond motifs is 1. The molecule has 6 nitrogen and oxygen atoms in total. The summed E-state index contributed by atoms with van der Waals surface area (Å²) in [5.74, 6) is -0.719. The van der Waals surface area contributed by atoms with Gasteiger partial charge in [0.2, 0.25) is 0 Å². The second-order valence-corrected chi connectivity index (χ2v) is 8.20. The van der Waals surface area contributed by atoms with Crippen molar-refractivity contribution in [2.24, 2.45) is 0 Å². The number of carboxylic acids is 1. The normalized spacial score (nSPS) is 13.6. The highest BCUT2D eigenvalue weighted by molar-refractivity contribution is 5.77. The molecular formula is C27H27NO5. The number of aliphatic carboxylic acids is 1. The van der Waals surface area contributed by atoms with E-state index in [0.29, 0.717) is 6.54 Å². The molecule has 1 unspecified atom stereocenters. The van der Waals surface area contributed by atoms with E-state index in [1.165, 1.54) is 10.5 Å². The first kappa shape index (κ1) is 22.4. The van der Waals surface area contributed by atoms with E-state index in [2.05, 4.69) is 6.92 Å². The zero-order chi connectivity index (χ0) is 23.4. The summed E-state index contributed by atoms with van der Waals surface area (Å²) in [5.41, 5.74) is 5.65. The molecule has 0 bridgehead atoms. The molecule has 33 heavy (non-hydrogen) atoms. The Morgan fingerprint density at radius 2 is 1.76 bits per heavy atom. The molecule has 6 heteroatoms. The first-order chi connectivity index (χ1) is 15.9. The van der Waals surface area contributed by atoms with Crippen LogP contribution >= 0.6 is 0 Å².